The minimum absolute atomic E-state index is 0.128. The van der Waals surface area contributed by atoms with Gasteiger partial charge in [0.2, 0.25) is 0 Å². The van der Waals surface area contributed by atoms with Gasteiger partial charge in [0.15, 0.2) is 0 Å². The van der Waals surface area contributed by atoms with E-state index in [1.54, 1.807) is 0 Å². The van der Waals surface area contributed by atoms with Gasteiger partial charge in [0, 0.05) is 6.20 Å². The van der Waals surface area contributed by atoms with Crippen LogP contribution in [0.2, 0.25) is 10.2 Å². The third kappa shape index (κ3) is 4.52. The third-order valence-electron chi connectivity index (χ3n) is 2.14. The van der Waals surface area contributed by atoms with Gasteiger partial charge in [-0.05, 0) is 25.3 Å². The summed E-state index contributed by atoms with van der Waals surface area (Å²) in [5, 5.41) is 0.427. The molecule has 0 saturated heterocycles. The Morgan fingerprint density at radius 1 is 1.41 bits per heavy atom. The summed E-state index contributed by atoms with van der Waals surface area (Å²) in [4.78, 5) is 15.5. The van der Waals surface area contributed by atoms with Crippen LogP contribution in [0.4, 0.5) is 0 Å². The lowest BCUT2D eigenvalue weighted by Gasteiger charge is -2.15. The highest BCUT2D eigenvalue weighted by Gasteiger charge is 2.14. The zero-order chi connectivity index (χ0) is 13.0. The van der Waals surface area contributed by atoms with Crippen molar-refractivity contribution in [2.24, 2.45) is 5.92 Å². The molecule has 5 heteroatoms. The van der Waals surface area contributed by atoms with Crippen LogP contribution in [0, 0.1) is 5.92 Å². The molecule has 0 N–H and O–H groups in total. The molecule has 1 heterocycles. The molecule has 3 nitrogen and oxygen atoms in total. The van der Waals surface area contributed by atoms with Crippen molar-refractivity contribution in [3.8, 4) is 0 Å². The Balaban J connectivity index is 2.66. The largest absolute Gasteiger partial charge is 0.459 e. The number of hydrogen-bond donors (Lipinski definition) is 0. The van der Waals surface area contributed by atoms with Crippen LogP contribution in [0.25, 0.3) is 0 Å². The minimum Gasteiger partial charge on any atom is -0.459 e. The Bertz CT molecular complexity index is 407. The molecule has 0 spiro atoms. The van der Waals surface area contributed by atoms with Crippen molar-refractivity contribution in [3.05, 3.63) is 28.0 Å². The molecular formula is C12H15Cl2NO2. The number of ether oxygens (including phenoxy) is 1. The van der Waals surface area contributed by atoms with E-state index in [0.29, 0.717) is 11.5 Å². The molecule has 0 radical (unpaired) electrons. The smallest absolute Gasteiger partial charge is 0.340 e. The van der Waals surface area contributed by atoms with Crippen LogP contribution in [0.1, 0.15) is 37.6 Å². The van der Waals surface area contributed by atoms with Crippen LogP contribution in [0.3, 0.4) is 0 Å². The molecular weight excluding hydrogens is 261 g/mol. The average molecular weight is 276 g/mol. The van der Waals surface area contributed by atoms with Crippen LogP contribution in [0.15, 0.2) is 12.3 Å². The fourth-order valence-electron chi connectivity index (χ4n) is 1.50. The maximum absolute atomic E-state index is 11.7. The van der Waals surface area contributed by atoms with Crippen LogP contribution < -0.4 is 0 Å². The van der Waals surface area contributed by atoms with Crippen molar-refractivity contribution in [2.75, 3.05) is 0 Å². The number of pyridine rings is 1. The van der Waals surface area contributed by atoms with Crippen LogP contribution in [0.5, 0.6) is 0 Å². The summed E-state index contributed by atoms with van der Waals surface area (Å²) in [6, 6.07) is 1.46. The van der Waals surface area contributed by atoms with E-state index in [0.717, 1.165) is 6.42 Å². The van der Waals surface area contributed by atoms with E-state index >= 15 is 0 Å². The summed E-state index contributed by atoms with van der Waals surface area (Å²) in [7, 11) is 0. The monoisotopic (exact) mass is 275 g/mol. The molecule has 0 saturated carbocycles. The molecule has 0 bridgehead atoms. The Hall–Kier alpha value is -0.800. The van der Waals surface area contributed by atoms with Gasteiger partial charge in [-0.25, -0.2) is 9.78 Å². The first-order chi connectivity index (χ1) is 7.90. The predicted octanol–water partition coefficient (Wildman–Crippen LogP) is 3.98. The van der Waals surface area contributed by atoms with Crippen molar-refractivity contribution >= 4 is 29.2 Å². The molecule has 0 aliphatic rings. The Morgan fingerprint density at radius 2 is 2.06 bits per heavy atom. The highest BCUT2D eigenvalue weighted by molar-refractivity contribution is 6.41. The molecule has 0 amide bonds. The average Bonchev–Trinajstić information content (AvgIpc) is 2.20. The third-order valence-corrected chi connectivity index (χ3v) is 2.83. The van der Waals surface area contributed by atoms with Gasteiger partial charge in [-0.3, -0.25) is 0 Å². The highest BCUT2D eigenvalue weighted by atomic mass is 35.5. The Morgan fingerprint density at radius 3 is 2.59 bits per heavy atom. The zero-order valence-corrected chi connectivity index (χ0v) is 11.5. The van der Waals surface area contributed by atoms with Gasteiger partial charge < -0.3 is 4.74 Å². The number of nitrogens with zero attached hydrogens (tertiary/aromatic N) is 1. The maximum atomic E-state index is 11.7. The number of esters is 1. The van der Waals surface area contributed by atoms with Gasteiger partial charge in [-0.1, -0.05) is 37.0 Å². The second-order valence-corrected chi connectivity index (χ2v) is 5.11. The van der Waals surface area contributed by atoms with E-state index in [9.17, 15) is 4.79 Å². The summed E-state index contributed by atoms with van der Waals surface area (Å²) in [6.45, 7) is 6.01. The van der Waals surface area contributed by atoms with Gasteiger partial charge >= 0.3 is 5.97 Å². The molecule has 1 unspecified atom stereocenters. The predicted molar refractivity (Wildman–Crippen MR) is 68.6 cm³/mol. The summed E-state index contributed by atoms with van der Waals surface area (Å²) in [5.74, 6) is 0.0500. The Labute approximate surface area is 111 Å². The van der Waals surface area contributed by atoms with Crippen LogP contribution >= 0.6 is 23.2 Å². The van der Waals surface area contributed by atoms with E-state index in [2.05, 4.69) is 18.8 Å². The summed E-state index contributed by atoms with van der Waals surface area (Å²) >= 11 is 11.4. The van der Waals surface area contributed by atoms with E-state index in [4.69, 9.17) is 27.9 Å². The molecule has 1 aromatic heterocycles. The number of halogens is 2. The molecule has 1 rings (SSSR count). The lowest BCUT2D eigenvalue weighted by Crippen LogP contribution is -2.17. The van der Waals surface area contributed by atoms with Crippen LogP contribution in [-0.4, -0.2) is 17.1 Å². The van der Waals surface area contributed by atoms with Crippen molar-refractivity contribution < 1.29 is 9.53 Å². The molecule has 0 aliphatic heterocycles. The topological polar surface area (TPSA) is 39.2 Å². The Kier molecular flexibility index (Phi) is 5.22. The summed E-state index contributed by atoms with van der Waals surface area (Å²) < 4.78 is 5.26. The lowest BCUT2D eigenvalue weighted by molar-refractivity contribution is 0.0299. The standard InChI is InChI=1S/C12H15Cl2NO2/c1-7(2)4-8(3)17-12(16)9-5-10(13)11(14)15-6-9/h5-8H,4H2,1-3H3. The van der Waals surface area contributed by atoms with E-state index in [1.165, 1.54) is 12.3 Å². The van der Waals surface area contributed by atoms with E-state index in [-0.39, 0.29) is 16.3 Å². The zero-order valence-electron chi connectivity index (χ0n) is 10.0. The summed E-state index contributed by atoms with van der Waals surface area (Å²) in [5.41, 5.74) is 0.315. The van der Waals surface area contributed by atoms with Crippen LogP contribution in [-0.2, 0) is 4.74 Å². The second kappa shape index (κ2) is 6.22. The first kappa shape index (κ1) is 14.3. The normalized spacial score (nSPS) is 12.6. The number of carbonyl (C=O) groups is 1. The van der Waals surface area contributed by atoms with Crippen molar-refractivity contribution in [3.63, 3.8) is 0 Å². The first-order valence-corrected chi connectivity index (χ1v) is 6.17. The number of hydrogen-bond acceptors (Lipinski definition) is 3. The highest BCUT2D eigenvalue weighted by Crippen LogP contribution is 2.20. The van der Waals surface area contributed by atoms with Gasteiger partial charge in [-0.15, -0.1) is 0 Å². The number of rotatable bonds is 4. The fraction of sp³-hybridized carbons (Fsp3) is 0.500. The SMILES string of the molecule is CC(C)CC(C)OC(=O)c1cnc(Cl)c(Cl)c1. The van der Waals surface area contributed by atoms with E-state index in [1.807, 2.05) is 6.92 Å². The molecule has 0 aromatic carbocycles. The van der Waals surface area contributed by atoms with Gasteiger partial charge in [0.25, 0.3) is 0 Å². The lowest BCUT2D eigenvalue weighted by atomic mass is 10.1. The molecule has 1 aromatic rings. The van der Waals surface area contributed by atoms with Crippen molar-refractivity contribution in [1.82, 2.24) is 4.98 Å². The van der Waals surface area contributed by atoms with Gasteiger partial charge in [0.05, 0.1) is 16.7 Å². The number of carbonyl (C=O) groups excluding carboxylic acids is 1. The van der Waals surface area contributed by atoms with Gasteiger partial charge in [-0.2, -0.15) is 0 Å². The number of aromatic nitrogens is 1. The maximum Gasteiger partial charge on any atom is 0.340 e. The quantitative estimate of drug-likeness (QED) is 0.616. The fourth-order valence-corrected chi connectivity index (χ4v) is 1.77. The van der Waals surface area contributed by atoms with Crippen molar-refractivity contribution in [1.29, 1.82) is 0 Å². The minimum atomic E-state index is -0.427. The first-order valence-electron chi connectivity index (χ1n) is 5.42. The van der Waals surface area contributed by atoms with E-state index < -0.39 is 5.97 Å². The molecule has 17 heavy (non-hydrogen) atoms. The molecule has 0 fully saturated rings. The second-order valence-electron chi connectivity index (χ2n) is 4.34. The summed E-state index contributed by atoms with van der Waals surface area (Å²) in [6.07, 6.45) is 2.05. The molecule has 94 valence electrons. The van der Waals surface area contributed by atoms with Crippen molar-refractivity contribution in [2.45, 2.75) is 33.3 Å². The molecule has 0 aliphatic carbocycles. The molecule has 1 atom stereocenters. The van der Waals surface area contributed by atoms with Gasteiger partial charge in [0.1, 0.15) is 5.15 Å².